The molecule has 0 heterocycles. The average molecular weight is 224 g/mol. The maximum atomic E-state index is 12.8. The minimum atomic E-state index is -0.906. The van der Waals surface area contributed by atoms with E-state index in [4.69, 9.17) is 0 Å². The van der Waals surface area contributed by atoms with E-state index in [1.807, 2.05) is 0 Å². The van der Waals surface area contributed by atoms with Crippen LogP contribution in [0, 0.1) is 11.6 Å². The van der Waals surface area contributed by atoms with Crippen LogP contribution < -0.4 is 0 Å². The van der Waals surface area contributed by atoms with Crippen LogP contribution in [0.4, 0.5) is 8.78 Å². The number of benzene rings is 1. The van der Waals surface area contributed by atoms with E-state index < -0.39 is 11.6 Å². The molecule has 1 aromatic rings. The number of carbonyl (C=O) groups is 1. The lowest BCUT2D eigenvalue weighted by molar-refractivity contribution is -0.118. The third kappa shape index (κ3) is 3.93. The largest absolute Gasteiger partial charge is 0.299 e. The highest BCUT2D eigenvalue weighted by molar-refractivity contribution is 5.80. The maximum absolute atomic E-state index is 12.8. The number of hydrogen-bond acceptors (Lipinski definition) is 1. The topological polar surface area (TPSA) is 17.1 Å². The molecule has 0 unspecified atom stereocenters. The monoisotopic (exact) mass is 224 g/mol. The second-order valence-corrected chi connectivity index (χ2v) is 3.64. The van der Waals surface area contributed by atoms with Gasteiger partial charge in [0.2, 0.25) is 0 Å². The molecule has 1 rings (SSSR count). The predicted molar refractivity (Wildman–Crippen MR) is 59.1 cm³/mol. The van der Waals surface area contributed by atoms with E-state index in [1.54, 1.807) is 6.08 Å². The Hall–Kier alpha value is -1.51. The molecular formula is C13H14F2O. The van der Waals surface area contributed by atoms with Crippen molar-refractivity contribution in [3.05, 3.63) is 48.1 Å². The molecule has 0 radical (unpaired) electrons. The van der Waals surface area contributed by atoms with E-state index >= 15 is 0 Å². The van der Waals surface area contributed by atoms with Gasteiger partial charge < -0.3 is 0 Å². The van der Waals surface area contributed by atoms with E-state index in [-0.39, 0.29) is 12.2 Å². The molecule has 0 bridgehead atoms. The summed E-state index contributed by atoms with van der Waals surface area (Å²) in [6.45, 7) is 3.56. The molecule has 3 heteroatoms. The van der Waals surface area contributed by atoms with E-state index in [0.29, 0.717) is 12.0 Å². The summed E-state index contributed by atoms with van der Waals surface area (Å²) in [6, 6.07) is 3.55. The zero-order chi connectivity index (χ0) is 12.0. The van der Waals surface area contributed by atoms with Gasteiger partial charge in [0, 0.05) is 12.8 Å². The summed E-state index contributed by atoms with van der Waals surface area (Å²) in [5, 5.41) is 0. The van der Waals surface area contributed by atoms with Crippen LogP contribution >= 0.6 is 0 Å². The van der Waals surface area contributed by atoms with E-state index in [9.17, 15) is 13.6 Å². The second-order valence-electron chi connectivity index (χ2n) is 3.64. The van der Waals surface area contributed by atoms with Gasteiger partial charge in [-0.3, -0.25) is 4.79 Å². The molecule has 0 aliphatic carbocycles. The van der Waals surface area contributed by atoms with E-state index in [0.717, 1.165) is 25.0 Å². The van der Waals surface area contributed by atoms with Crippen molar-refractivity contribution in [1.29, 1.82) is 0 Å². The van der Waals surface area contributed by atoms with Crippen molar-refractivity contribution >= 4 is 5.78 Å². The van der Waals surface area contributed by atoms with Crippen LogP contribution in [0.1, 0.15) is 24.8 Å². The van der Waals surface area contributed by atoms with Crippen molar-refractivity contribution in [2.75, 3.05) is 0 Å². The molecule has 0 saturated carbocycles. The first-order chi connectivity index (χ1) is 7.63. The number of unbranched alkanes of at least 4 members (excludes halogenated alkanes) is 1. The number of ketones is 1. The minimum absolute atomic E-state index is 0.0351. The summed E-state index contributed by atoms with van der Waals surface area (Å²) in [5.41, 5.74) is 0.516. The van der Waals surface area contributed by atoms with Gasteiger partial charge in [-0.1, -0.05) is 12.1 Å². The number of halogens is 2. The molecule has 1 aromatic carbocycles. The molecule has 0 saturated heterocycles. The predicted octanol–water partition coefficient (Wildman–Crippen LogP) is 3.43. The smallest absolute Gasteiger partial charge is 0.159 e. The standard InChI is InChI=1S/C13H14F2O/c1-2-3-4-5-11(16)8-10-6-7-12(14)13(15)9-10/h2,6-7,9H,1,3-5,8H2. The summed E-state index contributed by atoms with van der Waals surface area (Å²) < 4.78 is 25.5. The molecular weight excluding hydrogens is 210 g/mol. The summed E-state index contributed by atoms with van der Waals surface area (Å²) in [7, 11) is 0. The van der Waals surface area contributed by atoms with Crippen LogP contribution in [0.5, 0.6) is 0 Å². The molecule has 0 aliphatic rings. The number of allylic oxidation sites excluding steroid dienone is 1. The Labute approximate surface area is 93.8 Å². The van der Waals surface area contributed by atoms with Gasteiger partial charge in [-0.15, -0.1) is 6.58 Å². The van der Waals surface area contributed by atoms with E-state index in [1.165, 1.54) is 6.07 Å². The Morgan fingerprint density at radius 1 is 1.31 bits per heavy atom. The SMILES string of the molecule is C=CCCCC(=O)Cc1ccc(F)c(F)c1. The van der Waals surface area contributed by atoms with Crippen LogP contribution in [0.2, 0.25) is 0 Å². The summed E-state index contributed by atoms with van der Waals surface area (Å²) >= 11 is 0. The highest BCUT2D eigenvalue weighted by atomic mass is 19.2. The quantitative estimate of drug-likeness (QED) is 0.534. The summed E-state index contributed by atoms with van der Waals surface area (Å²) in [4.78, 5) is 11.4. The average Bonchev–Trinajstić information content (AvgIpc) is 2.24. The van der Waals surface area contributed by atoms with Crippen LogP contribution in [0.15, 0.2) is 30.9 Å². The van der Waals surface area contributed by atoms with Crippen molar-refractivity contribution in [3.8, 4) is 0 Å². The van der Waals surface area contributed by atoms with Crippen LogP contribution in [-0.4, -0.2) is 5.78 Å². The van der Waals surface area contributed by atoms with Crippen LogP contribution in [-0.2, 0) is 11.2 Å². The molecule has 0 fully saturated rings. The second kappa shape index (κ2) is 6.16. The zero-order valence-electron chi connectivity index (χ0n) is 9.01. The highest BCUT2D eigenvalue weighted by Gasteiger charge is 2.06. The van der Waals surface area contributed by atoms with Crippen molar-refractivity contribution in [1.82, 2.24) is 0 Å². The Morgan fingerprint density at radius 2 is 2.06 bits per heavy atom. The minimum Gasteiger partial charge on any atom is -0.299 e. The fourth-order valence-corrected chi connectivity index (χ4v) is 1.41. The molecule has 0 atom stereocenters. The number of Topliss-reactive ketones (excluding diaryl/α,β-unsaturated/α-hetero) is 1. The molecule has 0 aromatic heterocycles. The lowest BCUT2D eigenvalue weighted by atomic mass is 10.0. The van der Waals surface area contributed by atoms with Crippen LogP contribution in [0.3, 0.4) is 0 Å². The lowest BCUT2D eigenvalue weighted by Gasteiger charge is -2.01. The van der Waals surface area contributed by atoms with Crippen molar-refractivity contribution < 1.29 is 13.6 Å². The fraction of sp³-hybridized carbons (Fsp3) is 0.308. The molecule has 0 aliphatic heterocycles. The van der Waals surface area contributed by atoms with Gasteiger partial charge in [0.25, 0.3) is 0 Å². The lowest BCUT2D eigenvalue weighted by Crippen LogP contribution is -2.03. The molecule has 0 spiro atoms. The van der Waals surface area contributed by atoms with Gasteiger partial charge in [0.15, 0.2) is 11.6 Å². The third-order valence-electron chi connectivity index (χ3n) is 2.25. The molecule has 86 valence electrons. The number of hydrogen-bond donors (Lipinski definition) is 0. The fourth-order valence-electron chi connectivity index (χ4n) is 1.41. The van der Waals surface area contributed by atoms with Gasteiger partial charge in [-0.25, -0.2) is 8.78 Å². The van der Waals surface area contributed by atoms with Crippen molar-refractivity contribution in [2.24, 2.45) is 0 Å². The Kier molecular flexibility index (Phi) is 4.83. The van der Waals surface area contributed by atoms with E-state index in [2.05, 4.69) is 6.58 Å². The first kappa shape index (κ1) is 12.6. The Balaban J connectivity index is 2.49. The van der Waals surface area contributed by atoms with Crippen molar-refractivity contribution in [3.63, 3.8) is 0 Å². The van der Waals surface area contributed by atoms with Crippen molar-refractivity contribution in [2.45, 2.75) is 25.7 Å². The number of rotatable bonds is 6. The highest BCUT2D eigenvalue weighted by Crippen LogP contribution is 2.10. The van der Waals surface area contributed by atoms with Gasteiger partial charge in [0.05, 0.1) is 0 Å². The molecule has 0 amide bonds. The maximum Gasteiger partial charge on any atom is 0.159 e. The van der Waals surface area contributed by atoms with Gasteiger partial charge in [-0.05, 0) is 30.5 Å². The first-order valence-corrected chi connectivity index (χ1v) is 5.20. The Bertz CT molecular complexity index is 386. The molecule has 1 nitrogen and oxygen atoms in total. The van der Waals surface area contributed by atoms with Gasteiger partial charge >= 0.3 is 0 Å². The third-order valence-corrected chi connectivity index (χ3v) is 2.25. The molecule has 16 heavy (non-hydrogen) atoms. The summed E-state index contributed by atoms with van der Waals surface area (Å²) in [5.74, 6) is -1.76. The van der Waals surface area contributed by atoms with Gasteiger partial charge in [-0.2, -0.15) is 0 Å². The normalized spacial score (nSPS) is 10.1. The summed E-state index contributed by atoms with van der Waals surface area (Å²) in [6.07, 6.45) is 3.92. The van der Waals surface area contributed by atoms with Crippen LogP contribution in [0.25, 0.3) is 0 Å². The molecule has 0 N–H and O–H groups in total. The first-order valence-electron chi connectivity index (χ1n) is 5.20. The Morgan fingerprint density at radius 3 is 2.69 bits per heavy atom. The number of carbonyl (C=O) groups excluding carboxylic acids is 1. The van der Waals surface area contributed by atoms with Gasteiger partial charge in [0.1, 0.15) is 5.78 Å². The zero-order valence-corrected chi connectivity index (χ0v) is 9.01.